The second kappa shape index (κ2) is 6.78. The van der Waals surface area contributed by atoms with Crippen molar-refractivity contribution in [2.24, 2.45) is 5.92 Å². The number of phenols is 1. The number of phenolic OH excluding ortho intramolecular Hbond substituents is 1. The van der Waals surface area contributed by atoms with Gasteiger partial charge in [0.1, 0.15) is 5.75 Å². The van der Waals surface area contributed by atoms with Crippen LogP contribution in [-0.4, -0.2) is 28.6 Å². The van der Waals surface area contributed by atoms with Gasteiger partial charge in [0, 0.05) is 17.7 Å². The molecule has 0 fully saturated rings. The topological polar surface area (TPSA) is 86.6 Å². The van der Waals surface area contributed by atoms with Gasteiger partial charge in [-0.3, -0.25) is 9.59 Å². The molecule has 1 unspecified atom stereocenters. The molecular weight excluding hydrogens is 246 g/mol. The fourth-order valence-corrected chi connectivity index (χ4v) is 1.70. The van der Waals surface area contributed by atoms with Gasteiger partial charge < -0.3 is 15.5 Å². The number of carboxylic acids is 1. The first-order valence-corrected chi connectivity index (χ1v) is 6.23. The first-order chi connectivity index (χ1) is 8.93. The predicted octanol–water partition coefficient (Wildman–Crippen LogP) is 1.93. The van der Waals surface area contributed by atoms with E-state index in [0.29, 0.717) is 30.5 Å². The van der Waals surface area contributed by atoms with Gasteiger partial charge in [-0.25, -0.2) is 0 Å². The van der Waals surface area contributed by atoms with Crippen molar-refractivity contribution < 1.29 is 19.8 Å². The molecule has 0 aliphatic heterocycles. The van der Waals surface area contributed by atoms with E-state index in [1.54, 1.807) is 26.0 Å². The largest absolute Gasteiger partial charge is 0.508 e. The monoisotopic (exact) mass is 265 g/mol. The Hall–Kier alpha value is -2.04. The minimum Gasteiger partial charge on any atom is -0.508 e. The maximum absolute atomic E-state index is 11.9. The van der Waals surface area contributed by atoms with Crippen LogP contribution in [0.2, 0.25) is 0 Å². The summed E-state index contributed by atoms with van der Waals surface area (Å²) in [5, 5.41) is 20.9. The number of carboxylic acid groups (broad SMARTS) is 1. The number of aliphatic carboxylic acids is 1. The van der Waals surface area contributed by atoms with Gasteiger partial charge in [-0.05, 0) is 31.9 Å². The van der Waals surface area contributed by atoms with Crippen LogP contribution in [0.1, 0.15) is 35.7 Å². The average Bonchev–Trinajstić information content (AvgIpc) is 2.37. The molecule has 19 heavy (non-hydrogen) atoms. The van der Waals surface area contributed by atoms with Crippen molar-refractivity contribution >= 4 is 11.9 Å². The van der Waals surface area contributed by atoms with E-state index >= 15 is 0 Å². The Labute approximate surface area is 112 Å². The van der Waals surface area contributed by atoms with Gasteiger partial charge in [-0.2, -0.15) is 0 Å². The molecule has 0 saturated carbocycles. The van der Waals surface area contributed by atoms with E-state index in [4.69, 9.17) is 5.11 Å². The molecule has 0 saturated heterocycles. The molecule has 1 amide bonds. The number of aromatic hydroxyl groups is 1. The van der Waals surface area contributed by atoms with E-state index in [2.05, 4.69) is 5.32 Å². The standard InChI is InChI=1S/C14H19NO4/c1-9(14(18)19)5-4-8-15-13(17)11-6-3-7-12(16)10(11)2/h3,6-7,9,16H,4-5,8H2,1-2H3,(H,15,17)(H,18,19). The van der Waals surface area contributed by atoms with Gasteiger partial charge in [-0.1, -0.05) is 13.0 Å². The van der Waals surface area contributed by atoms with Crippen molar-refractivity contribution in [3.63, 3.8) is 0 Å². The molecule has 0 aliphatic rings. The summed E-state index contributed by atoms with van der Waals surface area (Å²) < 4.78 is 0. The van der Waals surface area contributed by atoms with Crippen LogP contribution in [0.4, 0.5) is 0 Å². The molecule has 5 nitrogen and oxygen atoms in total. The third-order valence-electron chi connectivity index (χ3n) is 3.07. The van der Waals surface area contributed by atoms with E-state index in [0.717, 1.165) is 0 Å². The van der Waals surface area contributed by atoms with Crippen LogP contribution in [0.25, 0.3) is 0 Å². The normalized spacial score (nSPS) is 11.9. The highest BCUT2D eigenvalue weighted by molar-refractivity contribution is 5.96. The zero-order valence-electron chi connectivity index (χ0n) is 11.1. The van der Waals surface area contributed by atoms with Crippen LogP contribution in [0.3, 0.4) is 0 Å². The lowest BCUT2D eigenvalue weighted by atomic mass is 10.1. The molecule has 0 radical (unpaired) electrons. The molecule has 0 spiro atoms. The molecule has 0 aromatic heterocycles. The number of rotatable bonds is 6. The van der Waals surface area contributed by atoms with Crippen LogP contribution < -0.4 is 5.32 Å². The molecule has 0 bridgehead atoms. The van der Waals surface area contributed by atoms with Crippen molar-refractivity contribution in [1.82, 2.24) is 5.32 Å². The van der Waals surface area contributed by atoms with E-state index < -0.39 is 11.9 Å². The predicted molar refractivity (Wildman–Crippen MR) is 71.2 cm³/mol. The number of nitrogens with one attached hydrogen (secondary N) is 1. The molecule has 3 N–H and O–H groups in total. The highest BCUT2D eigenvalue weighted by atomic mass is 16.4. The lowest BCUT2D eigenvalue weighted by molar-refractivity contribution is -0.141. The number of benzene rings is 1. The fraction of sp³-hybridized carbons (Fsp3) is 0.429. The quantitative estimate of drug-likeness (QED) is 0.686. The first-order valence-electron chi connectivity index (χ1n) is 6.23. The highest BCUT2D eigenvalue weighted by Crippen LogP contribution is 2.19. The van der Waals surface area contributed by atoms with Crippen LogP contribution >= 0.6 is 0 Å². The van der Waals surface area contributed by atoms with E-state index in [1.807, 2.05) is 0 Å². The lowest BCUT2D eigenvalue weighted by Crippen LogP contribution is -2.25. The number of amides is 1. The highest BCUT2D eigenvalue weighted by Gasteiger charge is 2.12. The summed E-state index contributed by atoms with van der Waals surface area (Å²) in [6, 6.07) is 4.79. The summed E-state index contributed by atoms with van der Waals surface area (Å²) in [7, 11) is 0. The smallest absolute Gasteiger partial charge is 0.306 e. The number of hydrogen-bond acceptors (Lipinski definition) is 3. The zero-order valence-corrected chi connectivity index (χ0v) is 11.1. The zero-order chi connectivity index (χ0) is 14.4. The van der Waals surface area contributed by atoms with Gasteiger partial charge in [0.15, 0.2) is 0 Å². The van der Waals surface area contributed by atoms with Crippen molar-refractivity contribution in [2.45, 2.75) is 26.7 Å². The summed E-state index contributed by atoms with van der Waals surface area (Å²) >= 11 is 0. The number of carbonyl (C=O) groups is 2. The van der Waals surface area contributed by atoms with E-state index in [9.17, 15) is 14.7 Å². The van der Waals surface area contributed by atoms with Crippen LogP contribution in [0, 0.1) is 12.8 Å². The number of carbonyl (C=O) groups excluding carboxylic acids is 1. The van der Waals surface area contributed by atoms with Crippen molar-refractivity contribution in [2.75, 3.05) is 6.54 Å². The van der Waals surface area contributed by atoms with Crippen molar-refractivity contribution in [1.29, 1.82) is 0 Å². The Morgan fingerprint density at radius 2 is 2.05 bits per heavy atom. The molecule has 0 heterocycles. The number of hydrogen-bond donors (Lipinski definition) is 3. The maximum atomic E-state index is 11.9. The lowest BCUT2D eigenvalue weighted by Gasteiger charge is -2.09. The van der Waals surface area contributed by atoms with Crippen LogP contribution in [0.5, 0.6) is 5.75 Å². The maximum Gasteiger partial charge on any atom is 0.306 e. The van der Waals surface area contributed by atoms with Gasteiger partial charge in [-0.15, -0.1) is 0 Å². The van der Waals surface area contributed by atoms with Gasteiger partial charge in [0.05, 0.1) is 5.92 Å². The third kappa shape index (κ3) is 4.28. The Kier molecular flexibility index (Phi) is 5.36. The molecule has 0 aliphatic carbocycles. The van der Waals surface area contributed by atoms with E-state index in [1.165, 1.54) is 6.07 Å². The van der Waals surface area contributed by atoms with Crippen LogP contribution in [-0.2, 0) is 4.79 Å². The average molecular weight is 265 g/mol. The minimum absolute atomic E-state index is 0.0900. The molecule has 1 atom stereocenters. The Morgan fingerprint density at radius 3 is 2.68 bits per heavy atom. The Bertz CT molecular complexity index is 471. The summed E-state index contributed by atoms with van der Waals surface area (Å²) in [4.78, 5) is 22.5. The molecular formula is C14H19NO4. The Balaban J connectivity index is 2.44. The van der Waals surface area contributed by atoms with Crippen molar-refractivity contribution in [3.8, 4) is 5.75 Å². The summed E-state index contributed by atoms with van der Waals surface area (Å²) in [5.41, 5.74) is 0.977. The molecule has 104 valence electrons. The van der Waals surface area contributed by atoms with Crippen molar-refractivity contribution in [3.05, 3.63) is 29.3 Å². The molecule has 1 aromatic carbocycles. The fourth-order valence-electron chi connectivity index (χ4n) is 1.70. The SMILES string of the molecule is Cc1c(O)cccc1C(=O)NCCCC(C)C(=O)O. The Morgan fingerprint density at radius 1 is 1.37 bits per heavy atom. The summed E-state index contributed by atoms with van der Waals surface area (Å²) in [5.74, 6) is -1.39. The van der Waals surface area contributed by atoms with Crippen LogP contribution in [0.15, 0.2) is 18.2 Å². The molecule has 1 rings (SSSR count). The second-order valence-electron chi connectivity index (χ2n) is 4.59. The van der Waals surface area contributed by atoms with E-state index in [-0.39, 0.29) is 11.7 Å². The van der Waals surface area contributed by atoms with Gasteiger partial charge in [0.25, 0.3) is 5.91 Å². The van der Waals surface area contributed by atoms with Gasteiger partial charge >= 0.3 is 5.97 Å². The van der Waals surface area contributed by atoms with Gasteiger partial charge in [0.2, 0.25) is 0 Å². The summed E-state index contributed by atoms with van der Waals surface area (Å²) in [6.45, 7) is 3.74. The second-order valence-corrected chi connectivity index (χ2v) is 4.59. The molecule has 1 aromatic rings. The summed E-state index contributed by atoms with van der Waals surface area (Å²) in [6.07, 6.45) is 1.13. The third-order valence-corrected chi connectivity index (χ3v) is 3.07. The molecule has 5 heteroatoms. The first kappa shape index (κ1) is 15.0. The minimum atomic E-state index is -0.824.